The second-order valence-electron chi connectivity index (χ2n) is 9.91. The smallest absolute Gasteiger partial charge is 0.238 e. The molecule has 1 aliphatic carbocycles. The van der Waals surface area contributed by atoms with Crippen LogP contribution < -0.4 is 4.90 Å². The van der Waals surface area contributed by atoms with E-state index >= 15 is 0 Å². The van der Waals surface area contributed by atoms with E-state index in [9.17, 15) is 14.7 Å². The number of hydrogen-bond acceptors (Lipinski definition) is 5. The van der Waals surface area contributed by atoms with Crippen LogP contribution in [0.1, 0.15) is 57.5 Å². The van der Waals surface area contributed by atoms with Crippen molar-refractivity contribution >= 4 is 23.6 Å². The molecular weight excluding hydrogens is 442 g/mol. The highest BCUT2D eigenvalue weighted by Crippen LogP contribution is 2.51. The van der Waals surface area contributed by atoms with Crippen LogP contribution in [0.5, 0.6) is 0 Å². The normalized spacial score (nSPS) is 26.5. The zero-order chi connectivity index (χ0) is 24.5. The molecule has 35 heavy (non-hydrogen) atoms. The van der Waals surface area contributed by atoms with Gasteiger partial charge in [0.05, 0.1) is 30.2 Å². The molecule has 0 saturated carbocycles. The maximum absolute atomic E-state index is 13.6. The highest BCUT2D eigenvalue weighted by Gasteiger charge is 2.57. The van der Waals surface area contributed by atoms with Crippen molar-refractivity contribution in [2.45, 2.75) is 58.7 Å². The van der Waals surface area contributed by atoms with E-state index in [-0.39, 0.29) is 42.3 Å². The summed E-state index contributed by atoms with van der Waals surface area (Å²) in [7, 11) is 0. The lowest BCUT2D eigenvalue weighted by molar-refractivity contribution is -0.122. The van der Waals surface area contributed by atoms with E-state index in [1.54, 1.807) is 6.07 Å². The summed E-state index contributed by atoms with van der Waals surface area (Å²) in [6.45, 7) is 4.62. The number of nitrogens with zero attached hydrogens (tertiary/aromatic N) is 1. The molecule has 5 rings (SSSR count). The van der Waals surface area contributed by atoms with Crippen LogP contribution >= 0.6 is 0 Å². The van der Waals surface area contributed by atoms with Crippen LogP contribution in [0, 0.1) is 17.8 Å². The molecule has 1 N–H and O–H groups in total. The van der Waals surface area contributed by atoms with Crippen molar-refractivity contribution in [3.8, 4) is 0 Å². The van der Waals surface area contributed by atoms with E-state index in [0.29, 0.717) is 24.5 Å². The van der Waals surface area contributed by atoms with E-state index in [1.165, 1.54) is 21.6 Å². The number of carbonyl (C=O) groups excluding carboxylic acids is 2. The summed E-state index contributed by atoms with van der Waals surface area (Å²) in [5.41, 5.74) is 4.42. The molecule has 3 heterocycles. The van der Waals surface area contributed by atoms with Gasteiger partial charge < -0.3 is 14.3 Å². The van der Waals surface area contributed by atoms with Crippen molar-refractivity contribution in [1.82, 2.24) is 0 Å². The second-order valence-corrected chi connectivity index (χ2v) is 9.91. The van der Waals surface area contributed by atoms with Crippen LogP contribution in [0.3, 0.4) is 0 Å². The summed E-state index contributed by atoms with van der Waals surface area (Å²) in [6, 6.07) is 12.9. The molecule has 6 heteroatoms. The Hall–Kier alpha value is -2.96. The Morgan fingerprint density at radius 3 is 2.63 bits per heavy atom. The lowest BCUT2D eigenvalue weighted by Crippen LogP contribution is -2.34. The van der Waals surface area contributed by atoms with Gasteiger partial charge in [-0.3, -0.25) is 14.5 Å². The summed E-state index contributed by atoms with van der Waals surface area (Å²) in [5.74, 6) is 0.495. The lowest BCUT2D eigenvalue weighted by atomic mass is 9.68. The standard InChI is InChI=1S/C29H33NO5/c1-3-7-19-15-23-27(29(33)30(28(23)32)20-8-5-4-6-9-20)24-17-34-25(26(19)24)13-10-18(2)14-21-11-12-22(16-31)35-21/h4-6,8-9,11-12,14,23-25,27,31H,3,7,10,13,15-17H2,1-2H3/b18-14+/t23-,24+,25-,27-/m1/s1. The number of rotatable bonds is 8. The van der Waals surface area contributed by atoms with Gasteiger partial charge in [-0.25, -0.2) is 0 Å². The molecule has 1 aromatic heterocycles. The Morgan fingerprint density at radius 2 is 1.91 bits per heavy atom. The van der Waals surface area contributed by atoms with Crippen LogP contribution in [0.15, 0.2) is 63.6 Å². The first kappa shape index (κ1) is 23.8. The first-order valence-corrected chi connectivity index (χ1v) is 12.6. The lowest BCUT2D eigenvalue weighted by Gasteiger charge is -2.31. The highest BCUT2D eigenvalue weighted by atomic mass is 16.5. The van der Waals surface area contributed by atoms with Gasteiger partial charge in [0.15, 0.2) is 0 Å². The minimum atomic E-state index is -0.333. The zero-order valence-corrected chi connectivity index (χ0v) is 20.4. The molecule has 0 radical (unpaired) electrons. The Kier molecular flexibility index (Phi) is 6.76. The summed E-state index contributed by atoms with van der Waals surface area (Å²) < 4.78 is 11.9. The van der Waals surface area contributed by atoms with Crippen LogP contribution in [0.25, 0.3) is 6.08 Å². The summed E-state index contributed by atoms with van der Waals surface area (Å²) in [5, 5.41) is 9.21. The topological polar surface area (TPSA) is 80.0 Å². The molecule has 0 bridgehead atoms. The van der Waals surface area contributed by atoms with Crippen molar-refractivity contribution < 1.29 is 23.8 Å². The fraction of sp³-hybridized carbons (Fsp3) is 0.448. The Labute approximate surface area is 206 Å². The van der Waals surface area contributed by atoms with E-state index in [0.717, 1.165) is 31.4 Å². The number of para-hydroxylation sites is 1. The van der Waals surface area contributed by atoms with E-state index in [4.69, 9.17) is 9.15 Å². The number of aliphatic hydroxyl groups excluding tert-OH is 1. The molecule has 4 atom stereocenters. The molecule has 184 valence electrons. The van der Waals surface area contributed by atoms with Gasteiger partial charge in [-0.15, -0.1) is 0 Å². The predicted octanol–water partition coefficient (Wildman–Crippen LogP) is 5.28. The average Bonchev–Trinajstić information content (AvgIpc) is 3.55. The quantitative estimate of drug-likeness (QED) is 0.415. The summed E-state index contributed by atoms with van der Waals surface area (Å²) >= 11 is 0. The van der Waals surface area contributed by atoms with Gasteiger partial charge >= 0.3 is 0 Å². The first-order valence-electron chi connectivity index (χ1n) is 12.6. The van der Waals surface area contributed by atoms with Crippen molar-refractivity contribution in [1.29, 1.82) is 0 Å². The molecular formula is C29H33NO5. The maximum atomic E-state index is 13.6. The zero-order valence-electron chi connectivity index (χ0n) is 20.4. The third-order valence-corrected chi connectivity index (χ3v) is 7.60. The van der Waals surface area contributed by atoms with Crippen LogP contribution in [-0.4, -0.2) is 29.6 Å². The van der Waals surface area contributed by atoms with Gasteiger partial charge in [-0.2, -0.15) is 0 Å². The van der Waals surface area contributed by atoms with Gasteiger partial charge in [0.2, 0.25) is 11.8 Å². The molecule has 1 aromatic carbocycles. The van der Waals surface area contributed by atoms with E-state index in [2.05, 4.69) is 13.8 Å². The maximum Gasteiger partial charge on any atom is 0.238 e. The minimum Gasteiger partial charge on any atom is -0.459 e. The number of carbonyl (C=O) groups is 2. The number of fused-ring (bicyclic) bond motifs is 3. The minimum absolute atomic E-state index is 0.0214. The number of anilines is 1. The Bertz CT molecular complexity index is 1160. The molecule has 6 nitrogen and oxygen atoms in total. The molecule has 2 aliphatic heterocycles. The fourth-order valence-corrected chi connectivity index (χ4v) is 6.07. The average molecular weight is 476 g/mol. The third-order valence-electron chi connectivity index (χ3n) is 7.60. The van der Waals surface area contributed by atoms with Crippen LogP contribution in [0.4, 0.5) is 5.69 Å². The number of furan rings is 1. The van der Waals surface area contributed by atoms with Crippen molar-refractivity contribution in [2.24, 2.45) is 17.8 Å². The van der Waals surface area contributed by atoms with Gasteiger partial charge in [-0.1, -0.05) is 42.7 Å². The molecule has 3 aliphatic rings. The second kappa shape index (κ2) is 9.96. The number of hydrogen-bond donors (Lipinski definition) is 1. The SMILES string of the molecule is CCCC1=C2[C@@H](CC/C(C)=C/c3ccc(CO)o3)OC[C@@H]2[C@@H]2C(=O)N(c3ccccc3)C(=O)[C@@H]2C1. The molecule has 0 unspecified atom stereocenters. The summed E-state index contributed by atoms with van der Waals surface area (Å²) in [4.78, 5) is 28.4. The highest BCUT2D eigenvalue weighted by molar-refractivity contribution is 6.22. The van der Waals surface area contributed by atoms with Gasteiger partial charge in [0, 0.05) is 5.92 Å². The molecule has 2 saturated heterocycles. The third kappa shape index (κ3) is 4.41. The molecule has 2 aromatic rings. The van der Waals surface area contributed by atoms with Crippen molar-refractivity contribution in [3.63, 3.8) is 0 Å². The summed E-state index contributed by atoms with van der Waals surface area (Å²) in [6.07, 6.45) is 6.25. The molecule has 2 amide bonds. The largest absolute Gasteiger partial charge is 0.459 e. The number of benzene rings is 1. The fourth-order valence-electron chi connectivity index (χ4n) is 6.07. The van der Waals surface area contributed by atoms with Gasteiger partial charge in [-0.05, 0) is 68.5 Å². The van der Waals surface area contributed by atoms with E-state index in [1.807, 2.05) is 42.5 Å². The molecule has 2 fully saturated rings. The van der Waals surface area contributed by atoms with Crippen molar-refractivity contribution in [3.05, 3.63) is 70.7 Å². The number of allylic oxidation sites excluding steroid dienone is 2. The Morgan fingerprint density at radius 1 is 1.11 bits per heavy atom. The number of ether oxygens (including phenoxy) is 1. The van der Waals surface area contributed by atoms with Crippen LogP contribution in [-0.2, 0) is 20.9 Å². The Balaban J connectivity index is 1.36. The molecule has 0 spiro atoms. The van der Waals surface area contributed by atoms with Gasteiger partial charge in [0.25, 0.3) is 0 Å². The van der Waals surface area contributed by atoms with Gasteiger partial charge in [0.1, 0.15) is 18.1 Å². The van der Waals surface area contributed by atoms with Crippen molar-refractivity contribution in [2.75, 3.05) is 11.5 Å². The van der Waals surface area contributed by atoms with Crippen LogP contribution in [0.2, 0.25) is 0 Å². The number of imide groups is 1. The number of aliphatic hydroxyl groups is 1. The first-order chi connectivity index (χ1) is 17.0. The monoisotopic (exact) mass is 475 g/mol. The van der Waals surface area contributed by atoms with E-state index < -0.39 is 0 Å². The number of amides is 2. The predicted molar refractivity (Wildman–Crippen MR) is 133 cm³/mol.